The smallest absolute Gasteiger partial charge is 0.410 e. The molecule has 0 N–H and O–H groups in total. The molecule has 0 bridgehead atoms. The van der Waals surface area contributed by atoms with E-state index in [0.29, 0.717) is 18.5 Å². The third-order valence-corrected chi connectivity index (χ3v) is 6.48. The second kappa shape index (κ2) is 9.03. The van der Waals surface area contributed by atoms with E-state index < -0.39 is 11.0 Å². The average Bonchev–Trinajstić information content (AvgIpc) is 3.38. The number of amides is 2. The van der Waals surface area contributed by atoms with Gasteiger partial charge in [-0.25, -0.2) is 4.79 Å². The molecule has 2 unspecified atom stereocenters. The zero-order valence-corrected chi connectivity index (χ0v) is 18.0. The molecule has 1 aromatic carbocycles. The lowest BCUT2D eigenvalue weighted by Gasteiger charge is -2.24. The topological polar surface area (TPSA) is 110 Å². The maximum absolute atomic E-state index is 12.8. The highest BCUT2D eigenvalue weighted by atomic mass is 32.2. The quantitative estimate of drug-likeness (QED) is 0.499. The molecule has 0 spiro atoms. The molecule has 2 aliphatic rings. The normalized spacial score (nSPS) is 25.0. The summed E-state index contributed by atoms with van der Waals surface area (Å²) in [5.74, 6) is 0.0299. The molecule has 2 amide bonds. The largest absolute Gasteiger partial charge is 0.445 e. The Morgan fingerprint density at radius 1 is 1.23 bits per heavy atom. The van der Waals surface area contributed by atoms with Crippen LogP contribution in [-0.2, 0) is 20.9 Å². The van der Waals surface area contributed by atoms with Gasteiger partial charge in [0.15, 0.2) is 5.12 Å². The maximum atomic E-state index is 12.8. The lowest BCUT2D eigenvalue weighted by molar-refractivity contribution is -0.384. The Kier molecular flexibility index (Phi) is 6.64. The lowest BCUT2D eigenvalue weighted by Crippen LogP contribution is -2.38. The number of nitrogens with zero attached hydrogens (tertiary/aromatic N) is 3. The first-order chi connectivity index (χ1) is 14.2. The number of nitro groups is 1. The number of thioether (sulfide) groups is 1. The van der Waals surface area contributed by atoms with E-state index in [1.807, 2.05) is 0 Å². The van der Waals surface area contributed by atoms with Gasteiger partial charge in [0, 0.05) is 56.9 Å². The van der Waals surface area contributed by atoms with E-state index in [0.717, 1.165) is 6.42 Å². The van der Waals surface area contributed by atoms with Gasteiger partial charge in [-0.05, 0) is 36.5 Å². The molecule has 0 radical (unpaired) electrons. The molecule has 10 heteroatoms. The van der Waals surface area contributed by atoms with Gasteiger partial charge in [0.25, 0.3) is 5.69 Å². The molecular weight excluding hydrogens is 410 g/mol. The number of nitro benzene ring substituents is 1. The molecule has 0 aromatic heterocycles. The number of ether oxygens (including phenoxy) is 1. The van der Waals surface area contributed by atoms with Crippen molar-refractivity contribution in [2.24, 2.45) is 11.8 Å². The van der Waals surface area contributed by atoms with Crippen LogP contribution in [0.2, 0.25) is 0 Å². The molecule has 3 rings (SSSR count). The summed E-state index contributed by atoms with van der Waals surface area (Å²) in [5, 5.41) is 10.7. The monoisotopic (exact) mass is 435 g/mol. The molecule has 162 valence electrons. The van der Waals surface area contributed by atoms with Crippen LogP contribution in [0.5, 0.6) is 0 Å². The Morgan fingerprint density at radius 3 is 2.47 bits per heavy atom. The fraction of sp³-hybridized carbons (Fsp3) is 0.550. The van der Waals surface area contributed by atoms with E-state index in [4.69, 9.17) is 4.74 Å². The first-order valence-corrected chi connectivity index (χ1v) is 10.6. The van der Waals surface area contributed by atoms with Crippen LogP contribution in [0.15, 0.2) is 24.3 Å². The number of hydrogen-bond acceptors (Lipinski definition) is 7. The van der Waals surface area contributed by atoms with Crippen molar-refractivity contribution >= 4 is 34.6 Å². The van der Waals surface area contributed by atoms with E-state index in [-0.39, 0.29) is 46.4 Å². The summed E-state index contributed by atoms with van der Waals surface area (Å²) in [5.41, 5.74) is 0.616. The Bertz CT molecular complexity index is 843. The number of non-ortho nitro benzene ring substituents is 1. The number of hydrogen-bond donors (Lipinski definition) is 0. The highest BCUT2D eigenvalue weighted by Gasteiger charge is 2.54. The van der Waals surface area contributed by atoms with Crippen LogP contribution in [0.4, 0.5) is 10.5 Å². The van der Waals surface area contributed by atoms with Crippen LogP contribution in [0.3, 0.4) is 0 Å². The first kappa shape index (κ1) is 22.1. The minimum Gasteiger partial charge on any atom is -0.445 e. The summed E-state index contributed by atoms with van der Waals surface area (Å²) in [7, 11) is 3.44. The van der Waals surface area contributed by atoms with Gasteiger partial charge in [0.05, 0.1) is 4.92 Å². The molecule has 1 aliphatic carbocycles. The molecule has 30 heavy (non-hydrogen) atoms. The van der Waals surface area contributed by atoms with Crippen LogP contribution in [-0.4, -0.2) is 63.8 Å². The van der Waals surface area contributed by atoms with Crippen molar-refractivity contribution in [2.75, 3.05) is 20.6 Å². The maximum Gasteiger partial charge on any atom is 0.410 e. The highest BCUT2D eigenvalue weighted by Crippen LogP contribution is 2.48. The van der Waals surface area contributed by atoms with Gasteiger partial charge in [-0.1, -0.05) is 11.8 Å². The second-order valence-electron chi connectivity index (χ2n) is 7.90. The zero-order valence-electron chi connectivity index (χ0n) is 17.1. The summed E-state index contributed by atoms with van der Waals surface area (Å²) in [6, 6.07) is 5.69. The van der Waals surface area contributed by atoms with Crippen molar-refractivity contribution in [2.45, 2.75) is 37.7 Å². The number of benzene rings is 1. The fourth-order valence-electron chi connectivity index (χ4n) is 3.96. The van der Waals surface area contributed by atoms with E-state index in [1.165, 1.54) is 30.8 Å². The van der Waals surface area contributed by atoms with E-state index >= 15 is 0 Å². The molecule has 1 saturated heterocycles. The predicted molar refractivity (Wildman–Crippen MR) is 111 cm³/mol. The van der Waals surface area contributed by atoms with Gasteiger partial charge in [-0.2, -0.15) is 0 Å². The van der Waals surface area contributed by atoms with Gasteiger partial charge in [-0.3, -0.25) is 19.7 Å². The van der Waals surface area contributed by atoms with E-state index in [2.05, 4.69) is 0 Å². The van der Waals surface area contributed by atoms with Gasteiger partial charge in [0.1, 0.15) is 6.61 Å². The van der Waals surface area contributed by atoms with Gasteiger partial charge in [0.2, 0.25) is 5.91 Å². The summed E-state index contributed by atoms with van der Waals surface area (Å²) >= 11 is 1.22. The van der Waals surface area contributed by atoms with Crippen molar-refractivity contribution in [1.29, 1.82) is 0 Å². The Morgan fingerprint density at radius 2 is 1.90 bits per heavy atom. The molecule has 1 aliphatic heterocycles. The molecule has 9 nitrogen and oxygen atoms in total. The van der Waals surface area contributed by atoms with Gasteiger partial charge in [-0.15, -0.1) is 0 Å². The van der Waals surface area contributed by atoms with Crippen LogP contribution in [0.1, 0.15) is 25.3 Å². The highest BCUT2D eigenvalue weighted by molar-refractivity contribution is 8.14. The summed E-state index contributed by atoms with van der Waals surface area (Å²) in [6.45, 7) is 1.90. The number of rotatable bonds is 6. The third-order valence-electron chi connectivity index (χ3n) is 5.47. The molecule has 2 fully saturated rings. The van der Waals surface area contributed by atoms with Crippen LogP contribution >= 0.6 is 11.8 Å². The molecule has 4 atom stereocenters. The standard InChI is InChI=1S/C20H25N3O6S/c1-12(24)30-15-8-18(16-9-17(16)19(25)21(2)3)22(10-15)20(26)29-11-13-4-6-14(7-5-13)23(27)28/h4-7,15-18H,8-11H2,1-3H3/t15-,16?,17?,18-/m0/s1. The van der Waals surface area contributed by atoms with Crippen molar-refractivity contribution < 1.29 is 24.0 Å². The van der Waals surface area contributed by atoms with Crippen LogP contribution in [0.25, 0.3) is 0 Å². The van der Waals surface area contributed by atoms with E-state index in [9.17, 15) is 24.5 Å². The molecule has 1 saturated carbocycles. The van der Waals surface area contributed by atoms with Crippen LogP contribution < -0.4 is 0 Å². The van der Waals surface area contributed by atoms with Crippen molar-refractivity contribution in [1.82, 2.24) is 9.80 Å². The Balaban J connectivity index is 1.64. The Hall–Kier alpha value is -2.62. The average molecular weight is 436 g/mol. The summed E-state index contributed by atoms with van der Waals surface area (Å²) < 4.78 is 5.44. The molecular formula is C20H25N3O6S. The summed E-state index contributed by atoms with van der Waals surface area (Å²) in [4.78, 5) is 50.1. The van der Waals surface area contributed by atoms with Crippen molar-refractivity contribution in [3.63, 3.8) is 0 Å². The SMILES string of the molecule is CC(=O)S[C@H]1C[C@@H](C2CC2C(=O)N(C)C)N(C(=O)OCc2ccc([N+](=O)[O-])cc2)C1. The van der Waals surface area contributed by atoms with Crippen molar-refractivity contribution in [3.8, 4) is 0 Å². The minimum absolute atomic E-state index is 0.00318. The summed E-state index contributed by atoms with van der Waals surface area (Å²) in [6.07, 6.45) is 0.886. The van der Waals surface area contributed by atoms with Gasteiger partial charge < -0.3 is 14.5 Å². The number of likely N-dealkylation sites (tertiary alicyclic amines) is 1. The predicted octanol–water partition coefficient (Wildman–Crippen LogP) is 2.68. The fourth-order valence-corrected chi connectivity index (χ4v) is 4.96. The third kappa shape index (κ3) is 5.10. The number of carbonyl (C=O) groups excluding carboxylic acids is 3. The lowest BCUT2D eigenvalue weighted by atomic mass is 10.1. The van der Waals surface area contributed by atoms with Crippen molar-refractivity contribution in [3.05, 3.63) is 39.9 Å². The second-order valence-corrected chi connectivity index (χ2v) is 9.38. The number of carbonyl (C=O) groups is 3. The minimum atomic E-state index is -0.493. The van der Waals surface area contributed by atoms with Crippen LogP contribution in [0, 0.1) is 22.0 Å². The first-order valence-electron chi connectivity index (χ1n) is 9.72. The molecule has 1 heterocycles. The zero-order chi connectivity index (χ0) is 22.0. The van der Waals surface area contributed by atoms with E-state index in [1.54, 1.807) is 36.0 Å². The molecule has 1 aromatic rings. The van der Waals surface area contributed by atoms with Gasteiger partial charge >= 0.3 is 6.09 Å². The Labute approximate surface area is 178 Å².